The Labute approximate surface area is 164 Å². The van der Waals surface area contributed by atoms with Crippen molar-refractivity contribution in [3.8, 4) is 5.75 Å². The Morgan fingerprint density at radius 3 is 2.29 bits per heavy atom. The van der Waals surface area contributed by atoms with Gasteiger partial charge in [0.05, 0.1) is 0 Å². The van der Waals surface area contributed by atoms with Crippen LogP contribution in [0.25, 0.3) is 0 Å². The lowest BCUT2D eigenvalue weighted by atomic mass is 10.1. The van der Waals surface area contributed by atoms with Gasteiger partial charge in [0.15, 0.2) is 6.61 Å². The zero-order chi connectivity index (χ0) is 20.1. The fourth-order valence-electron chi connectivity index (χ4n) is 2.92. The molecule has 0 radical (unpaired) electrons. The van der Waals surface area contributed by atoms with E-state index in [0.717, 1.165) is 17.0 Å². The second-order valence-electron chi connectivity index (χ2n) is 6.61. The van der Waals surface area contributed by atoms with Crippen LogP contribution in [0.15, 0.2) is 60.7 Å². The van der Waals surface area contributed by atoms with Crippen LogP contribution in [0.2, 0.25) is 0 Å². The van der Waals surface area contributed by atoms with Crippen LogP contribution in [0.3, 0.4) is 0 Å². The number of aryl methyl sites for hydroxylation is 1. The van der Waals surface area contributed by atoms with Crippen LogP contribution >= 0.6 is 0 Å². The number of ketones is 1. The van der Waals surface area contributed by atoms with Crippen LogP contribution < -0.4 is 4.74 Å². The molecule has 0 saturated heterocycles. The van der Waals surface area contributed by atoms with Gasteiger partial charge in [-0.3, -0.25) is 4.79 Å². The highest BCUT2D eigenvalue weighted by molar-refractivity contribution is 6.01. The molecule has 144 valence electrons. The van der Waals surface area contributed by atoms with Gasteiger partial charge in [-0.05, 0) is 37.6 Å². The minimum atomic E-state index is -0.581. The van der Waals surface area contributed by atoms with Crippen molar-refractivity contribution in [2.24, 2.45) is 7.05 Å². The van der Waals surface area contributed by atoms with Crippen molar-refractivity contribution in [3.05, 3.63) is 88.7 Å². The minimum absolute atomic E-state index is 0.225. The monoisotopic (exact) mass is 377 g/mol. The van der Waals surface area contributed by atoms with Crippen LogP contribution in [0.5, 0.6) is 5.75 Å². The number of nitrogens with zero attached hydrogens (tertiary/aromatic N) is 1. The average molecular weight is 377 g/mol. The zero-order valence-corrected chi connectivity index (χ0v) is 16.3. The number of hydrogen-bond acceptors (Lipinski definition) is 4. The molecular weight excluding hydrogens is 354 g/mol. The van der Waals surface area contributed by atoms with E-state index in [1.54, 1.807) is 24.3 Å². The van der Waals surface area contributed by atoms with Gasteiger partial charge in [0.1, 0.15) is 17.9 Å². The van der Waals surface area contributed by atoms with Crippen LogP contribution in [0.1, 0.15) is 37.7 Å². The van der Waals surface area contributed by atoms with Gasteiger partial charge in [-0.15, -0.1) is 0 Å². The molecule has 28 heavy (non-hydrogen) atoms. The standard InChI is InChI=1S/C23H23NO4/c1-16-13-20(17(2)24(16)3)21(25)15-28-23(26)19-11-7-8-12-22(19)27-14-18-9-5-4-6-10-18/h4-13H,14-15H2,1-3H3. The highest BCUT2D eigenvalue weighted by Crippen LogP contribution is 2.21. The normalized spacial score (nSPS) is 10.5. The second kappa shape index (κ2) is 8.57. The molecule has 0 unspecified atom stereocenters. The predicted molar refractivity (Wildman–Crippen MR) is 107 cm³/mol. The zero-order valence-electron chi connectivity index (χ0n) is 16.3. The Hall–Kier alpha value is -3.34. The Bertz CT molecular complexity index is 989. The summed E-state index contributed by atoms with van der Waals surface area (Å²) in [5.41, 5.74) is 3.70. The Morgan fingerprint density at radius 1 is 0.929 bits per heavy atom. The Balaban J connectivity index is 1.66. The topological polar surface area (TPSA) is 57.5 Å². The van der Waals surface area contributed by atoms with E-state index in [-0.39, 0.29) is 12.4 Å². The molecule has 1 heterocycles. The third-order valence-electron chi connectivity index (χ3n) is 4.75. The lowest BCUT2D eigenvalue weighted by Gasteiger charge is -2.11. The summed E-state index contributed by atoms with van der Waals surface area (Å²) in [6, 6.07) is 18.4. The molecule has 0 aliphatic carbocycles. The van der Waals surface area contributed by atoms with E-state index < -0.39 is 5.97 Å². The minimum Gasteiger partial charge on any atom is -0.488 e. The number of aromatic nitrogens is 1. The highest BCUT2D eigenvalue weighted by atomic mass is 16.5. The largest absolute Gasteiger partial charge is 0.488 e. The lowest BCUT2D eigenvalue weighted by molar-refractivity contribution is 0.0470. The molecule has 0 aliphatic rings. The molecule has 3 rings (SSSR count). The summed E-state index contributed by atoms with van der Waals surface area (Å²) >= 11 is 0. The van der Waals surface area contributed by atoms with Crippen molar-refractivity contribution >= 4 is 11.8 Å². The Morgan fingerprint density at radius 2 is 1.61 bits per heavy atom. The molecule has 0 fully saturated rings. The number of Topliss-reactive ketones (excluding diaryl/α,β-unsaturated/α-hetero) is 1. The van der Waals surface area contributed by atoms with Gasteiger partial charge in [0.2, 0.25) is 5.78 Å². The fraction of sp³-hybridized carbons (Fsp3) is 0.217. The van der Waals surface area contributed by atoms with Crippen LogP contribution in [-0.2, 0) is 18.4 Å². The second-order valence-corrected chi connectivity index (χ2v) is 6.61. The van der Waals surface area contributed by atoms with Crippen molar-refractivity contribution in [2.45, 2.75) is 20.5 Å². The number of carbonyl (C=O) groups excluding carboxylic acids is 2. The molecule has 0 aliphatic heterocycles. The molecule has 5 nitrogen and oxygen atoms in total. The number of hydrogen-bond donors (Lipinski definition) is 0. The van der Waals surface area contributed by atoms with E-state index in [4.69, 9.17) is 9.47 Å². The molecule has 3 aromatic rings. The van der Waals surface area contributed by atoms with Crippen LogP contribution in [0, 0.1) is 13.8 Å². The molecule has 0 atom stereocenters. The molecular formula is C23H23NO4. The van der Waals surface area contributed by atoms with Crippen LogP contribution in [0.4, 0.5) is 0 Å². The van der Waals surface area contributed by atoms with E-state index in [0.29, 0.717) is 23.5 Å². The number of para-hydroxylation sites is 1. The molecule has 0 saturated carbocycles. The average Bonchev–Trinajstić information content (AvgIpc) is 2.98. The molecule has 5 heteroatoms. The van der Waals surface area contributed by atoms with Crippen molar-refractivity contribution < 1.29 is 19.1 Å². The maximum atomic E-state index is 12.5. The van der Waals surface area contributed by atoms with Crippen molar-refractivity contribution in [3.63, 3.8) is 0 Å². The molecule has 0 amide bonds. The van der Waals surface area contributed by atoms with Gasteiger partial charge in [0, 0.05) is 24.0 Å². The van der Waals surface area contributed by atoms with Crippen LogP contribution in [-0.4, -0.2) is 22.9 Å². The first-order valence-corrected chi connectivity index (χ1v) is 9.06. The van der Waals surface area contributed by atoms with Gasteiger partial charge >= 0.3 is 5.97 Å². The molecule has 0 N–H and O–H groups in total. The summed E-state index contributed by atoms with van der Waals surface area (Å²) in [6.45, 7) is 3.83. The maximum Gasteiger partial charge on any atom is 0.342 e. The molecule has 1 aromatic heterocycles. The summed E-state index contributed by atoms with van der Waals surface area (Å²) in [4.78, 5) is 25.0. The first-order valence-electron chi connectivity index (χ1n) is 9.06. The number of carbonyl (C=O) groups is 2. The van der Waals surface area contributed by atoms with Crippen molar-refractivity contribution in [1.29, 1.82) is 0 Å². The summed E-state index contributed by atoms with van der Waals surface area (Å²) in [6.07, 6.45) is 0. The molecule has 0 spiro atoms. The Kier molecular flexibility index (Phi) is 5.94. The van der Waals surface area contributed by atoms with Gasteiger partial charge in [-0.25, -0.2) is 4.79 Å². The summed E-state index contributed by atoms with van der Waals surface area (Å²) in [5, 5.41) is 0. The maximum absolute atomic E-state index is 12.5. The summed E-state index contributed by atoms with van der Waals surface area (Å²) < 4.78 is 13.0. The fourth-order valence-corrected chi connectivity index (χ4v) is 2.92. The summed E-state index contributed by atoms with van der Waals surface area (Å²) in [7, 11) is 1.90. The number of benzene rings is 2. The quantitative estimate of drug-likeness (QED) is 0.456. The van der Waals surface area contributed by atoms with Gasteiger partial charge in [0.25, 0.3) is 0 Å². The van der Waals surface area contributed by atoms with E-state index in [9.17, 15) is 9.59 Å². The third-order valence-corrected chi connectivity index (χ3v) is 4.75. The number of ether oxygens (including phenoxy) is 2. The molecule has 0 bridgehead atoms. The van der Waals surface area contributed by atoms with Gasteiger partial charge in [-0.1, -0.05) is 42.5 Å². The SMILES string of the molecule is Cc1cc(C(=O)COC(=O)c2ccccc2OCc2ccccc2)c(C)n1C. The lowest BCUT2D eigenvalue weighted by Crippen LogP contribution is -2.15. The third kappa shape index (κ3) is 4.31. The van der Waals surface area contributed by atoms with E-state index in [2.05, 4.69) is 0 Å². The first-order chi connectivity index (χ1) is 13.5. The first kappa shape index (κ1) is 19.4. The van der Waals surface area contributed by atoms with Gasteiger partial charge < -0.3 is 14.0 Å². The van der Waals surface area contributed by atoms with Gasteiger partial charge in [-0.2, -0.15) is 0 Å². The number of rotatable bonds is 7. The van der Waals surface area contributed by atoms with Crippen molar-refractivity contribution in [2.75, 3.05) is 6.61 Å². The highest BCUT2D eigenvalue weighted by Gasteiger charge is 2.18. The smallest absolute Gasteiger partial charge is 0.342 e. The predicted octanol–water partition coefficient (Wildman–Crippen LogP) is 4.26. The van der Waals surface area contributed by atoms with E-state index >= 15 is 0 Å². The number of esters is 1. The summed E-state index contributed by atoms with van der Waals surface area (Å²) in [5.74, 6) is -0.380. The van der Waals surface area contributed by atoms with E-state index in [1.807, 2.05) is 61.9 Å². The van der Waals surface area contributed by atoms with Crippen molar-refractivity contribution in [1.82, 2.24) is 4.57 Å². The molecule has 2 aromatic carbocycles. The van der Waals surface area contributed by atoms with E-state index in [1.165, 1.54) is 0 Å².